The lowest BCUT2D eigenvalue weighted by molar-refractivity contribution is 0.185. The Bertz CT molecular complexity index is 1090. The lowest BCUT2D eigenvalue weighted by atomic mass is 10.2. The van der Waals surface area contributed by atoms with Crippen LogP contribution in [0, 0.1) is 0 Å². The van der Waals surface area contributed by atoms with E-state index in [1.165, 1.54) is 0 Å². The Hall–Kier alpha value is -1.17. The van der Waals surface area contributed by atoms with Crippen LogP contribution in [0.4, 0.5) is 0 Å². The van der Waals surface area contributed by atoms with Crippen LogP contribution >= 0.6 is 15.6 Å². The van der Waals surface area contributed by atoms with Crippen LogP contribution in [0.2, 0.25) is 5.04 Å². The lowest BCUT2D eigenvalue weighted by Gasteiger charge is -2.43. The van der Waals surface area contributed by atoms with E-state index in [1.807, 2.05) is 60.7 Å². The first-order chi connectivity index (χ1) is 15.6. The van der Waals surface area contributed by atoms with Gasteiger partial charge < -0.3 is 19.1 Å². The molecular formula is C20H30O10P2SSi. The Morgan fingerprint density at radius 3 is 1.68 bits per heavy atom. The van der Waals surface area contributed by atoms with Gasteiger partial charge in [0.05, 0.1) is 18.1 Å². The third-order valence-corrected chi connectivity index (χ3v) is 13.8. The van der Waals surface area contributed by atoms with Crippen LogP contribution in [0.15, 0.2) is 60.7 Å². The van der Waals surface area contributed by atoms with Gasteiger partial charge >= 0.3 is 15.6 Å². The average Bonchev–Trinajstić information content (AvgIpc) is 2.69. The molecule has 0 aliphatic carbocycles. The fraction of sp³-hybridized carbons (Fsp3) is 0.400. The van der Waals surface area contributed by atoms with Gasteiger partial charge in [-0.25, -0.2) is 17.5 Å². The Morgan fingerprint density at radius 1 is 0.824 bits per heavy atom. The Balaban J connectivity index is 2.17. The van der Waals surface area contributed by atoms with Gasteiger partial charge in [0.25, 0.3) is 8.32 Å². The molecule has 0 fully saturated rings. The molecule has 0 aliphatic heterocycles. The molecule has 0 radical (unpaired) electrons. The number of hydrogen-bond acceptors (Lipinski definition) is 7. The van der Waals surface area contributed by atoms with Crippen molar-refractivity contribution in [1.82, 2.24) is 0 Å². The molecule has 0 heterocycles. The molecule has 1 unspecified atom stereocenters. The van der Waals surface area contributed by atoms with E-state index in [1.54, 1.807) is 0 Å². The normalized spacial score (nSPS) is 15.1. The van der Waals surface area contributed by atoms with Gasteiger partial charge in [0.15, 0.2) is 9.84 Å². The Kier molecular flexibility index (Phi) is 9.62. The van der Waals surface area contributed by atoms with Crippen LogP contribution in [0.5, 0.6) is 0 Å². The third kappa shape index (κ3) is 8.20. The quantitative estimate of drug-likeness (QED) is 0.263. The van der Waals surface area contributed by atoms with E-state index < -0.39 is 46.2 Å². The third-order valence-electron chi connectivity index (χ3n) is 4.99. The zero-order chi connectivity index (χ0) is 25.7. The van der Waals surface area contributed by atoms with Crippen molar-refractivity contribution in [2.24, 2.45) is 0 Å². The monoisotopic (exact) mass is 552 g/mol. The largest absolute Gasteiger partial charge is 0.481 e. The smallest absolute Gasteiger partial charge is 0.406 e. The molecule has 2 aromatic rings. The van der Waals surface area contributed by atoms with Crippen molar-refractivity contribution < 1.29 is 45.5 Å². The van der Waals surface area contributed by atoms with Crippen molar-refractivity contribution >= 4 is 44.2 Å². The van der Waals surface area contributed by atoms with Crippen LogP contribution in [0.3, 0.4) is 0 Å². The summed E-state index contributed by atoms with van der Waals surface area (Å²) < 4.78 is 61.7. The first-order valence-electron chi connectivity index (χ1n) is 10.3. The van der Waals surface area contributed by atoms with Gasteiger partial charge in [-0.2, -0.15) is 4.31 Å². The maximum absolute atomic E-state index is 12.5. The van der Waals surface area contributed by atoms with Crippen molar-refractivity contribution in [3.05, 3.63) is 60.7 Å². The second-order valence-electron chi connectivity index (χ2n) is 8.54. The van der Waals surface area contributed by atoms with E-state index >= 15 is 0 Å². The Labute approximate surface area is 200 Å². The summed E-state index contributed by atoms with van der Waals surface area (Å²) in [6, 6.07) is 19.4. The number of phosphoric acid groups is 2. The molecule has 0 saturated heterocycles. The van der Waals surface area contributed by atoms with Gasteiger partial charge in [0, 0.05) is 6.61 Å². The second-order valence-corrected chi connectivity index (χ2v) is 18.0. The molecule has 0 spiro atoms. The molecule has 0 aromatic heterocycles. The topological polar surface area (TPSA) is 157 Å². The summed E-state index contributed by atoms with van der Waals surface area (Å²) in [7, 11) is -17.1. The van der Waals surface area contributed by atoms with Gasteiger partial charge in [-0.3, -0.25) is 4.52 Å². The number of sulfone groups is 1. The summed E-state index contributed by atoms with van der Waals surface area (Å²) in [5.74, 6) is -1.04. The van der Waals surface area contributed by atoms with E-state index in [4.69, 9.17) is 14.2 Å². The molecule has 0 amide bonds. The van der Waals surface area contributed by atoms with E-state index in [0.29, 0.717) is 0 Å². The highest BCUT2D eigenvalue weighted by Gasteiger charge is 2.50. The zero-order valence-electron chi connectivity index (χ0n) is 19.1. The molecule has 0 saturated carbocycles. The molecule has 2 rings (SSSR count). The standard InChI is InChI=1S/C20H30O10P2SSi/c1-20(2,3)34(18-10-6-4-7-11-18,19-12-8-5-9-13-19)29-15-17-33(26,27)16-14-28-32(24,25)30-31(21,22)23/h4-13H,14-17H2,1-3H3,(H,24,25)(H2,21,22,23). The summed E-state index contributed by atoms with van der Waals surface area (Å²) in [5.41, 5.74) is 0. The minimum Gasteiger partial charge on any atom is -0.406 e. The molecule has 0 aliphatic rings. The number of hydrogen-bond donors (Lipinski definition) is 3. The molecule has 14 heteroatoms. The number of rotatable bonds is 12. The first-order valence-corrected chi connectivity index (χ1v) is 17.0. The zero-order valence-corrected chi connectivity index (χ0v) is 22.7. The Morgan fingerprint density at radius 2 is 1.26 bits per heavy atom. The van der Waals surface area contributed by atoms with Crippen molar-refractivity contribution in [3.63, 3.8) is 0 Å². The predicted octanol–water partition coefficient (Wildman–Crippen LogP) is 2.20. The van der Waals surface area contributed by atoms with Gasteiger partial charge in [-0.1, -0.05) is 81.4 Å². The lowest BCUT2D eigenvalue weighted by Crippen LogP contribution is -2.66. The predicted molar refractivity (Wildman–Crippen MR) is 131 cm³/mol. The first kappa shape index (κ1) is 29.1. The number of phosphoric ester groups is 1. The van der Waals surface area contributed by atoms with Crippen LogP contribution in [-0.2, 0) is 32.2 Å². The minimum absolute atomic E-state index is 0.120. The molecule has 0 bridgehead atoms. The summed E-state index contributed by atoms with van der Waals surface area (Å²) in [5, 5.41) is 1.64. The summed E-state index contributed by atoms with van der Waals surface area (Å²) in [6.45, 7) is 5.27. The molecule has 2 aromatic carbocycles. The van der Waals surface area contributed by atoms with Gasteiger partial charge in [-0.15, -0.1) is 0 Å². The maximum Gasteiger partial charge on any atom is 0.481 e. The molecule has 190 valence electrons. The van der Waals surface area contributed by atoms with Crippen molar-refractivity contribution in [1.29, 1.82) is 0 Å². The van der Waals surface area contributed by atoms with Crippen LogP contribution in [0.25, 0.3) is 0 Å². The van der Waals surface area contributed by atoms with Crippen molar-refractivity contribution in [3.8, 4) is 0 Å². The average molecular weight is 553 g/mol. The molecule has 1 atom stereocenters. The van der Waals surface area contributed by atoms with Gasteiger partial charge in [0.2, 0.25) is 0 Å². The van der Waals surface area contributed by atoms with Crippen LogP contribution in [0.1, 0.15) is 20.8 Å². The number of benzene rings is 2. The molecule has 10 nitrogen and oxygen atoms in total. The fourth-order valence-electron chi connectivity index (χ4n) is 3.62. The SMILES string of the molecule is CC(C)(C)[Si](OCCS(=O)(=O)CCOP(=O)(O)OP(=O)(O)O)(c1ccccc1)c1ccccc1. The van der Waals surface area contributed by atoms with Crippen molar-refractivity contribution in [2.45, 2.75) is 25.8 Å². The highest BCUT2D eigenvalue weighted by molar-refractivity contribution is 7.91. The summed E-state index contributed by atoms with van der Waals surface area (Å²) >= 11 is 0. The molecule has 34 heavy (non-hydrogen) atoms. The van der Waals surface area contributed by atoms with Gasteiger partial charge in [-0.05, 0) is 15.4 Å². The van der Waals surface area contributed by atoms with E-state index in [9.17, 15) is 22.4 Å². The van der Waals surface area contributed by atoms with E-state index in [-0.39, 0.29) is 17.4 Å². The second kappa shape index (κ2) is 11.3. The maximum atomic E-state index is 12.5. The molecule has 3 N–H and O–H groups in total. The van der Waals surface area contributed by atoms with Crippen LogP contribution < -0.4 is 10.4 Å². The molecular weight excluding hydrogens is 522 g/mol. The highest BCUT2D eigenvalue weighted by atomic mass is 32.2. The summed E-state index contributed by atoms with van der Waals surface area (Å²) in [6.07, 6.45) is 0. The fourth-order valence-corrected chi connectivity index (χ4v) is 10.9. The van der Waals surface area contributed by atoms with Crippen molar-refractivity contribution in [2.75, 3.05) is 24.7 Å². The minimum atomic E-state index is -5.28. The van der Waals surface area contributed by atoms with Crippen LogP contribution in [-0.4, -0.2) is 56.1 Å². The highest BCUT2D eigenvalue weighted by Crippen LogP contribution is 2.57. The van der Waals surface area contributed by atoms with E-state index in [0.717, 1.165) is 10.4 Å². The summed E-state index contributed by atoms with van der Waals surface area (Å²) in [4.78, 5) is 26.5. The van der Waals surface area contributed by atoms with E-state index in [2.05, 4.69) is 29.6 Å². The van der Waals surface area contributed by atoms with Gasteiger partial charge in [0.1, 0.15) is 0 Å².